The van der Waals surface area contributed by atoms with Gasteiger partial charge in [-0.25, -0.2) is 4.79 Å². The number of aromatic nitrogens is 2. The number of nitrogens with two attached hydrogens (primary N) is 1. The smallest absolute Gasteiger partial charge is 0.349 e. The highest BCUT2D eigenvalue weighted by Crippen LogP contribution is 2.23. The molecule has 8 nitrogen and oxygen atoms in total. The molecule has 1 atom stereocenters. The summed E-state index contributed by atoms with van der Waals surface area (Å²) in [6, 6.07) is 7.13. The maximum atomic E-state index is 12.7. The van der Waals surface area contributed by atoms with Crippen molar-refractivity contribution >= 4 is 22.8 Å². The molecule has 1 aliphatic heterocycles. The second kappa shape index (κ2) is 6.95. The van der Waals surface area contributed by atoms with Crippen LogP contribution in [-0.2, 0) is 13.0 Å². The van der Waals surface area contributed by atoms with Crippen molar-refractivity contribution in [1.82, 2.24) is 15.1 Å². The van der Waals surface area contributed by atoms with Crippen molar-refractivity contribution in [3.8, 4) is 0 Å². The van der Waals surface area contributed by atoms with E-state index in [1.54, 1.807) is 23.7 Å². The fourth-order valence-electron chi connectivity index (χ4n) is 3.77. The summed E-state index contributed by atoms with van der Waals surface area (Å²) < 4.78 is 7.06. The molecule has 2 aromatic heterocycles. The van der Waals surface area contributed by atoms with Gasteiger partial charge in [-0.2, -0.15) is 5.10 Å². The summed E-state index contributed by atoms with van der Waals surface area (Å²) in [5, 5.41) is 7.76. The number of hydrogen-bond acceptors (Lipinski definition) is 5. The summed E-state index contributed by atoms with van der Waals surface area (Å²) in [5.41, 5.74) is 7.04. The summed E-state index contributed by atoms with van der Waals surface area (Å²) in [6.07, 6.45) is 2.88. The Labute approximate surface area is 160 Å². The Hall–Kier alpha value is -3.42. The SMILES string of the molecule is Cc1c(C(=O)NCC2CCn3ncc(C(N)=O)c3C2)c(=O)oc2ccccc12. The number of nitrogens with zero attached hydrogens (tertiary/aromatic N) is 2. The molecule has 3 N–H and O–H groups in total. The Morgan fingerprint density at radius 2 is 2.14 bits per heavy atom. The largest absolute Gasteiger partial charge is 0.422 e. The van der Waals surface area contributed by atoms with Crippen molar-refractivity contribution in [3.05, 3.63) is 63.3 Å². The molecule has 4 rings (SSSR count). The maximum Gasteiger partial charge on any atom is 0.349 e. The molecule has 8 heteroatoms. The molecular formula is C20H20N4O4. The Morgan fingerprint density at radius 1 is 1.36 bits per heavy atom. The lowest BCUT2D eigenvalue weighted by Gasteiger charge is -2.24. The van der Waals surface area contributed by atoms with E-state index in [2.05, 4.69) is 10.4 Å². The molecule has 1 unspecified atom stereocenters. The van der Waals surface area contributed by atoms with Crippen LogP contribution in [0.3, 0.4) is 0 Å². The molecule has 3 heterocycles. The maximum absolute atomic E-state index is 12.7. The highest BCUT2D eigenvalue weighted by molar-refractivity contribution is 5.99. The number of nitrogens with one attached hydrogen (secondary N) is 1. The van der Waals surface area contributed by atoms with E-state index in [9.17, 15) is 14.4 Å². The summed E-state index contributed by atoms with van der Waals surface area (Å²) >= 11 is 0. The molecule has 1 aliphatic rings. The van der Waals surface area contributed by atoms with E-state index in [4.69, 9.17) is 10.2 Å². The number of benzene rings is 1. The first-order valence-electron chi connectivity index (χ1n) is 9.11. The molecule has 0 spiro atoms. The first-order chi connectivity index (χ1) is 13.5. The number of primary amides is 1. The van der Waals surface area contributed by atoms with Crippen molar-refractivity contribution in [2.75, 3.05) is 6.54 Å². The molecular weight excluding hydrogens is 360 g/mol. The van der Waals surface area contributed by atoms with Gasteiger partial charge in [-0.1, -0.05) is 18.2 Å². The van der Waals surface area contributed by atoms with Crippen LogP contribution in [0.25, 0.3) is 11.0 Å². The van der Waals surface area contributed by atoms with Gasteiger partial charge in [-0.05, 0) is 37.3 Å². The van der Waals surface area contributed by atoms with Crippen LogP contribution in [-0.4, -0.2) is 28.1 Å². The Kier molecular flexibility index (Phi) is 4.46. The van der Waals surface area contributed by atoms with Crippen LogP contribution in [0.1, 0.15) is 38.4 Å². The summed E-state index contributed by atoms with van der Waals surface area (Å²) in [4.78, 5) is 36.5. The van der Waals surface area contributed by atoms with E-state index < -0.39 is 17.4 Å². The molecule has 0 radical (unpaired) electrons. The van der Waals surface area contributed by atoms with E-state index in [0.717, 1.165) is 17.5 Å². The minimum absolute atomic E-state index is 0.0253. The van der Waals surface area contributed by atoms with Crippen LogP contribution in [0.4, 0.5) is 0 Å². The number of carbonyl (C=O) groups excluding carboxylic acids is 2. The van der Waals surface area contributed by atoms with Crippen LogP contribution in [0.5, 0.6) is 0 Å². The molecule has 1 aromatic carbocycles. The number of hydrogen-bond donors (Lipinski definition) is 2. The quantitative estimate of drug-likeness (QED) is 0.663. The van der Waals surface area contributed by atoms with Crippen molar-refractivity contribution < 1.29 is 14.0 Å². The van der Waals surface area contributed by atoms with Crippen LogP contribution in [0.15, 0.2) is 39.7 Å². The lowest BCUT2D eigenvalue weighted by molar-refractivity contribution is 0.0937. The van der Waals surface area contributed by atoms with Gasteiger partial charge in [0.05, 0.1) is 17.5 Å². The monoisotopic (exact) mass is 380 g/mol. The van der Waals surface area contributed by atoms with E-state index >= 15 is 0 Å². The number of amides is 2. The third-order valence-electron chi connectivity index (χ3n) is 5.30. The number of fused-ring (bicyclic) bond motifs is 2. The van der Waals surface area contributed by atoms with E-state index in [0.29, 0.717) is 36.2 Å². The number of aryl methyl sites for hydroxylation is 2. The Balaban J connectivity index is 1.51. The molecule has 0 fully saturated rings. The third-order valence-corrected chi connectivity index (χ3v) is 5.30. The lowest BCUT2D eigenvalue weighted by Crippen LogP contribution is -2.36. The number of para-hydroxylation sites is 1. The van der Waals surface area contributed by atoms with Gasteiger partial charge in [0.25, 0.3) is 11.8 Å². The van der Waals surface area contributed by atoms with Crippen molar-refractivity contribution in [2.45, 2.75) is 26.3 Å². The van der Waals surface area contributed by atoms with Crippen LogP contribution in [0, 0.1) is 12.8 Å². The van der Waals surface area contributed by atoms with Gasteiger partial charge in [0, 0.05) is 18.5 Å². The van der Waals surface area contributed by atoms with Gasteiger partial charge in [-0.3, -0.25) is 14.3 Å². The lowest BCUT2D eigenvalue weighted by atomic mass is 9.94. The zero-order valence-corrected chi connectivity index (χ0v) is 15.4. The summed E-state index contributed by atoms with van der Waals surface area (Å²) in [5.74, 6) is -0.833. The van der Waals surface area contributed by atoms with E-state index in [1.807, 2.05) is 12.1 Å². The molecule has 28 heavy (non-hydrogen) atoms. The molecule has 0 saturated carbocycles. The average molecular weight is 380 g/mol. The minimum atomic E-state index is -0.647. The van der Waals surface area contributed by atoms with Crippen molar-refractivity contribution in [3.63, 3.8) is 0 Å². The van der Waals surface area contributed by atoms with Gasteiger partial charge < -0.3 is 15.5 Å². The van der Waals surface area contributed by atoms with Gasteiger partial charge in [0.15, 0.2) is 0 Å². The predicted octanol–water partition coefficient (Wildman–Crippen LogP) is 1.39. The van der Waals surface area contributed by atoms with Crippen LogP contribution in [0.2, 0.25) is 0 Å². The van der Waals surface area contributed by atoms with E-state index in [1.165, 1.54) is 6.20 Å². The first kappa shape index (κ1) is 18.0. The molecule has 2 amide bonds. The predicted molar refractivity (Wildman–Crippen MR) is 102 cm³/mol. The molecule has 144 valence electrons. The molecule has 3 aromatic rings. The normalized spacial score (nSPS) is 16.0. The summed E-state index contributed by atoms with van der Waals surface area (Å²) in [7, 11) is 0. The second-order valence-corrected chi connectivity index (χ2v) is 7.05. The molecule has 0 bridgehead atoms. The Bertz CT molecular complexity index is 1140. The standard InChI is InChI=1S/C20H20N4O4/c1-11-13-4-2-3-5-16(13)28-20(27)17(11)19(26)22-9-12-6-7-24-15(8-12)14(10-23-24)18(21)25/h2-5,10,12H,6-9H2,1H3,(H2,21,25)(H,22,26). The fraction of sp³-hybridized carbons (Fsp3) is 0.300. The van der Waals surface area contributed by atoms with Crippen LogP contribution < -0.4 is 16.7 Å². The highest BCUT2D eigenvalue weighted by Gasteiger charge is 2.25. The fourth-order valence-corrected chi connectivity index (χ4v) is 3.77. The number of rotatable bonds is 4. The van der Waals surface area contributed by atoms with Gasteiger partial charge >= 0.3 is 5.63 Å². The highest BCUT2D eigenvalue weighted by atomic mass is 16.4. The van der Waals surface area contributed by atoms with Gasteiger partial charge in [0.2, 0.25) is 0 Å². The van der Waals surface area contributed by atoms with Crippen LogP contribution >= 0.6 is 0 Å². The molecule has 0 saturated heterocycles. The average Bonchev–Trinajstić information content (AvgIpc) is 3.10. The first-order valence-corrected chi connectivity index (χ1v) is 9.11. The van der Waals surface area contributed by atoms with Crippen molar-refractivity contribution in [1.29, 1.82) is 0 Å². The zero-order chi connectivity index (χ0) is 19.8. The summed E-state index contributed by atoms with van der Waals surface area (Å²) in [6.45, 7) is 2.78. The minimum Gasteiger partial charge on any atom is -0.422 e. The topological polar surface area (TPSA) is 120 Å². The van der Waals surface area contributed by atoms with E-state index in [-0.39, 0.29) is 11.5 Å². The Morgan fingerprint density at radius 3 is 2.93 bits per heavy atom. The third kappa shape index (κ3) is 3.06. The zero-order valence-electron chi connectivity index (χ0n) is 15.4. The van der Waals surface area contributed by atoms with Gasteiger partial charge in [-0.15, -0.1) is 0 Å². The van der Waals surface area contributed by atoms with Crippen molar-refractivity contribution in [2.24, 2.45) is 11.7 Å². The number of carbonyl (C=O) groups is 2. The molecule has 0 aliphatic carbocycles. The second-order valence-electron chi connectivity index (χ2n) is 7.05. The van der Waals surface area contributed by atoms with Gasteiger partial charge in [0.1, 0.15) is 11.1 Å².